The Balaban J connectivity index is 1.31. The van der Waals surface area contributed by atoms with Gasteiger partial charge in [0.05, 0.1) is 7.11 Å². The number of hydrogen-bond acceptors (Lipinski definition) is 4. The van der Waals surface area contributed by atoms with Crippen LogP contribution in [0.4, 0.5) is 0 Å². The van der Waals surface area contributed by atoms with Gasteiger partial charge in [0.1, 0.15) is 5.75 Å². The number of ether oxygens (including phenoxy) is 1. The fraction of sp³-hybridized carbons (Fsp3) is 0.538. The SMILES string of the molecule is COc1cccc(Sc2ccc(C(C)N3CCN(C4CCCCCC4)CC3)cc2)c1. The van der Waals surface area contributed by atoms with E-state index in [4.69, 9.17) is 4.74 Å². The largest absolute Gasteiger partial charge is 0.497 e. The molecule has 1 saturated carbocycles. The first kappa shape index (κ1) is 21.7. The molecule has 1 heterocycles. The second-order valence-electron chi connectivity index (χ2n) is 8.74. The van der Waals surface area contributed by atoms with Gasteiger partial charge in [-0.05, 0) is 55.7 Å². The lowest BCUT2D eigenvalue weighted by atomic mass is 10.0. The van der Waals surface area contributed by atoms with Gasteiger partial charge in [0.15, 0.2) is 0 Å². The molecule has 0 aromatic heterocycles. The molecule has 1 unspecified atom stereocenters. The predicted octanol–water partition coefficient (Wildman–Crippen LogP) is 6.25. The van der Waals surface area contributed by atoms with Crippen molar-refractivity contribution in [3.63, 3.8) is 0 Å². The predicted molar refractivity (Wildman–Crippen MR) is 127 cm³/mol. The molecule has 3 nitrogen and oxygen atoms in total. The Kier molecular flexibility index (Phi) is 7.75. The summed E-state index contributed by atoms with van der Waals surface area (Å²) in [5, 5.41) is 0. The maximum absolute atomic E-state index is 5.34. The van der Waals surface area contributed by atoms with Crippen LogP contribution in [0.3, 0.4) is 0 Å². The van der Waals surface area contributed by atoms with Crippen LogP contribution >= 0.6 is 11.8 Å². The minimum absolute atomic E-state index is 0.483. The molecule has 4 rings (SSSR count). The quantitative estimate of drug-likeness (QED) is 0.509. The summed E-state index contributed by atoms with van der Waals surface area (Å²) in [5.41, 5.74) is 1.42. The third-order valence-corrected chi connectivity index (χ3v) is 7.87. The fourth-order valence-electron chi connectivity index (χ4n) is 4.94. The summed E-state index contributed by atoms with van der Waals surface area (Å²) in [6, 6.07) is 18.7. The summed E-state index contributed by atoms with van der Waals surface area (Å²) in [7, 11) is 1.72. The number of benzene rings is 2. The normalized spacial score (nSPS) is 20.6. The van der Waals surface area contributed by atoms with Crippen molar-refractivity contribution in [3.8, 4) is 5.75 Å². The van der Waals surface area contributed by atoms with Crippen LogP contribution in [0.5, 0.6) is 5.75 Å². The van der Waals surface area contributed by atoms with Crippen molar-refractivity contribution in [2.24, 2.45) is 0 Å². The van der Waals surface area contributed by atoms with Gasteiger partial charge in [0.2, 0.25) is 0 Å². The topological polar surface area (TPSA) is 15.7 Å². The van der Waals surface area contributed by atoms with Gasteiger partial charge in [-0.2, -0.15) is 0 Å². The van der Waals surface area contributed by atoms with Crippen molar-refractivity contribution >= 4 is 11.8 Å². The summed E-state index contributed by atoms with van der Waals surface area (Å²) in [5.74, 6) is 0.910. The van der Waals surface area contributed by atoms with Crippen LogP contribution in [-0.2, 0) is 0 Å². The lowest BCUT2D eigenvalue weighted by Crippen LogP contribution is -2.50. The molecule has 0 bridgehead atoms. The zero-order valence-corrected chi connectivity index (χ0v) is 19.4. The molecule has 30 heavy (non-hydrogen) atoms. The van der Waals surface area contributed by atoms with Gasteiger partial charge in [-0.15, -0.1) is 0 Å². The molecule has 1 atom stereocenters. The summed E-state index contributed by atoms with van der Waals surface area (Å²) in [6.07, 6.45) is 8.59. The van der Waals surface area contributed by atoms with E-state index in [2.05, 4.69) is 53.1 Å². The molecule has 2 aromatic rings. The van der Waals surface area contributed by atoms with Crippen molar-refractivity contribution in [2.45, 2.75) is 67.3 Å². The highest BCUT2D eigenvalue weighted by Crippen LogP contribution is 2.32. The van der Waals surface area contributed by atoms with Gasteiger partial charge in [-0.25, -0.2) is 0 Å². The second kappa shape index (κ2) is 10.7. The summed E-state index contributed by atoms with van der Waals surface area (Å²) < 4.78 is 5.34. The van der Waals surface area contributed by atoms with Crippen molar-refractivity contribution in [1.82, 2.24) is 9.80 Å². The van der Waals surface area contributed by atoms with Crippen LogP contribution in [0.15, 0.2) is 58.3 Å². The van der Waals surface area contributed by atoms with Gasteiger partial charge in [-0.3, -0.25) is 9.80 Å². The fourth-order valence-corrected chi connectivity index (χ4v) is 5.80. The first-order valence-corrected chi connectivity index (χ1v) is 12.4. The molecule has 4 heteroatoms. The van der Waals surface area contributed by atoms with E-state index < -0.39 is 0 Å². The Morgan fingerprint density at radius 3 is 2.23 bits per heavy atom. The van der Waals surface area contributed by atoms with Crippen LogP contribution < -0.4 is 4.74 Å². The van der Waals surface area contributed by atoms with Gasteiger partial charge in [0.25, 0.3) is 0 Å². The lowest BCUT2D eigenvalue weighted by molar-refractivity contribution is 0.0681. The number of methoxy groups -OCH3 is 1. The Bertz CT molecular complexity index is 778. The highest BCUT2D eigenvalue weighted by Gasteiger charge is 2.26. The van der Waals surface area contributed by atoms with Crippen LogP contribution in [-0.4, -0.2) is 49.1 Å². The Labute approximate surface area is 186 Å². The molecule has 2 aliphatic rings. The van der Waals surface area contributed by atoms with E-state index in [0.717, 1.165) is 11.8 Å². The van der Waals surface area contributed by atoms with E-state index in [-0.39, 0.29) is 0 Å². The average molecular weight is 425 g/mol. The van der Waals surface area contributed by atoms with Crippen molar-refractivity contribution in [2.75, 3.05) is 33.3 Å². The molecule has 1 aliphatic carbocycles. The lowest BCUT2D eigenvalue weighted by Gasteiger charge is -2.41. The highest BCUT2D eigenvalue weighted by atomic mass is 32.2. The molecule has 2 fully saturated rings. The highest BCUT2D eigenvalue weighted by molar-refractivity contribution is 7.99. The molecule has 0 radical (unpaired) electrons. The van der Waals surface area contributed by atoms with E-state index in [0.29, 0.717) is 6.04 Å². The maximum Gasteiger partial charge on any atom is 0.119 e. The monoisotopic (exact) mass is 424 g/mol. The van der Waals surface area contributed by atoms with Gasteiger partial charge >= 0.3 is 0 Å². The molecule has 162 valence electrons. The molecule has 1 saturated heterocycles. The van der Waals surface area contributed by atoms with E-state index >= 15 is 0 Å². The second-order valence-corrected chi connectivity index (χ2v) is 9.89. The Morgan fingerprint density at radius 2 is 1.57 bits per heavy atom. The molecule has 2 aromatic carbocycles. The van der Waals surface area contributed by atoms with Gasteiger partial charge < -0.3 is 4.74 Å². The van der Waals surface area contributed by atoms with Crippen LogP contribution in [0, 0.1) is 0 Å². The summed E-state index contributed by atoms with van der Waals surface area (Å²) in [4.78, 5) is 7.93. The summed E-state index contributed by atoms with van der Waals surface area (Å²) in [6.45, 7) is 7.22. The third-order valence-electron chi connectivity index (χ3n) is 6.88. The zero-order valence-electron chi connectivity index (χ0n) is 18.6. The van der Waals surface area contributed by atoms with Crippen LogP contribution in [0.1, 0.15) is 57.1 Å². The van der Waals surface area contributed by atoms with E-state index in [1.54, 1.807) is 18.9 Å². The number of piperazine rings is 1. The van der Waals surface area contributed by atoms with Gasteiger partial charge in [0, 0.05) is 48.1 Å². The number of nitrogens with zero attached hydrogens (tertiary/aromatic N) is 2. The summed E-state index contributed by atoms with van der Waals surface area (Å²) >= 11 is 1.79. The van der Waals surface area contributed by atoms with E-state index in [9.17, 15) is 0 Å². The van der Waals surface area contributed by atoms with Gasteiger partial charge in [-0.1, -0.05) is 55.6 Å². The van der Waals surface area contributed by atoms with E-state index in [1.165, 1.54) is 80.1 Å². The minimum Gasteiger partial charge on any atom is -0.497 e. The van der Waals surface area contributed by atoms with E-state index in [1.807, 2.05) is 12.1 Å². The first-order chi connectivity index (χ1) is 14.7. The molecule has 1 aliphatic heterocycles. The third kappa shape index (κ3) is 5.60. The van der Waals surface area contributed by atoms with Crippen molar-refractivity contribution in [1.29, 1.82) is 0 Å². The first-order valence-electron chi connectivity index (χ1n) is 11.6. The smallest absolute Gasteiger partial charge is 0.119 e. The average Bonchev–Trinajstić information content (AvgIpc) is 3.09. The number of hydrogen-bond donors (Lipinski definition) is 0. The van der Waals surface area contributed by atoms with Crippen molar-refractivity contribution < 1.29 is 4.74 Å². The van der Waals surface area contributed by atoms with Crippen LogP contribution in [0.2, 0.25) is 0 Å². The minimum atomic E-state index is 0.483. The Hall–Kier alpha value is -1.49. The zero-order chi connectivity index (χ0) is 20.8. The number of rotatable bonds is 6. The van der Waals surface area contributed by atoms with Crippen LogP contribution in [0.25, 0.3) is 0 Å². The molecule has 0 N–H and O–H groups in total. The molecular weight excluding hydrogens is 388 g/mol. The standard InChI is InChI=1S/C26H36N2OS/c1-21(27-16-18-28(19-17-27)23-8-5-3-4-6-9-23)22-12-14-25(15-13-22)30-26-11-7-10-24(20-26)29-2/h7,10-15,20-21,23H,3-6,8-9,16-19H2,1-2H3. The molecular formula is C26H36N2OS. The van der Waals surface area contributed by atoms with Crippen molar-refractivity contribution in [3.05, 3.63) is 54.1 Å². The molecule has 0 spiro atoms. The Morgan fingerprint density at radius 1 is 0.867 bits per heavy atom. The maximum atomic E-state index is 5.34. The molecule has 0 amide bonds.